The monoisotopic (exact) mass is 906 g/mol. The minimum Gasteiger partial charge on any atom is -0.456 e. The van der Waals surface area contributed by atoms with E-state index in [1.54, 1.807) is 0 Å². The van der Waals surface area contributed by atoms with Gasteiger partial charge >= 0.3 is 13.8 Å². The van der Waals surface area contributed by atoms with E-state index in [-0.39, 0.29) is 31.5 Å². The summed E-state index contributed by atoms with van der Waals surface area (Å²) in [5, 5.41) is 3.02. The molecule has 0 spiro atoms. The van der Waals surface area contributed by atoms with Crippen LogP contribution in [0.3, 0.4) is 0 Å². The van der Waals surface area contributed by atoms with Crippen molar-refractivity contribution in [2.45, 2.75) is 226 Å². The van der Waals surface area contributed by atoms with Crippen LogP contribution in [0.1, 0.15) is 213 Å². The first-order valence-electron chi connectivity index (χ1n) is 25.6. The van der Waals surface area contributed by atoms with E-state index < -0.39 is 20.0 Å². The summed E-state index contributed by atoms with van der Waals surface area (Å²) in [5.41, 5.74) is 0. The number of nitrogens with one attached hydrogen (secondary N) is 1. The lowest BCUT2D eigenvalue weighted by Gasteiger charge is -2.27. The molecule has 0 aromatic rings. The van der Waals surface area contributed by atoms with Gasteiger partial charge < -0.3 is 19.4 Å². The summed E-state index contributed by atoms with van der Waals surface area (Å²) in [6, 6.07) is -0.855. The Morgan fingerprint density at radius 3 is 1.60 bits per heavy atom. The van der Waals surface area contributed by atoms with Crippen LogP contribution < -0.4 is 5.32 Å². The Morgan fingerprint density at radius 1 is 0.571 bits per heavy atom. The maximum atomic E-state index is 13.4. The van der Waals surface area contributed by atoms with Crippen molar-refractivity contribution in [1.29, 1.82) is 0 Å². The summed E-state index contributed by atoms with van der Waals surface area (Å²) < 4.78 is 30.4. The first-order valence-corrected chi connectivity index (χ1v) is 27.1. The third kappa shape index (κ3) is 44.7. The van der Waals surface area contributed by atoms with Gasteiger partial charge in [-0.05, 0) is 70.3 Å². The van der Waals surface area contributed by atoms with Crippen molar-refractivity contribution in [2.75, 3.05) is 40.9 Å². The van der Waals surface area contributed by atoms with E-state index in [0.717, 1.165) is 103 Å². The summed E-state index contributed by atoms with van der Waals surface area (Å²) in [6.45, 7) is 6.80. The minimum atomic E-state index is -4.44. The second-order valence-corrected chi connectivity index (χ2v) is 19.8. The molecule has 0 saturated heterocycles. The number of carbonyl (C=O) groups is 2. The molecule has 0 rings (SSSR count). The van der Waals surface area contributed by atoms with Crippen LogP contribution in [-0.4, -0.2) is 74.3 Å². The molecule has 0 radical (unpaired) electrons. The van der Waals surface area contributed by atoms with Crippen LogP contribution in [0.5, 0.6) is 0 Å². The Labute approximate surface area is 388 Å². The van der Waals surface area contributed by atoms with Crippen molar-refractivity contribution in [2.24, 2.45) is 0 Å². The van der Waals surface area contributed by atoms with Gasteiger partial charge in [0, 0.05) is 12.8 Å². The quantitative estimate of drug-likeness (QED) is 0.0156. The van der Waals surface area contributed by atoms with E-state index >= 15 is 0 Å². The van der Waals surface area contributed by atoms with Crippen LogP contribution in [0.4, 0.5) is 0 Å². The molecule has 63 heavy (non-hydrogen) atoms. The highest BCUT2D eigenvalue weighted by Crippen LogP contribution is 2.43. The normalized spacial score (nSPS) is 14.5. The van der Waals surface area contributed by atoms with Gasteiger partial charge in [-0.15, -0.1) is 0 Å². The van der Waals surface area contributed by atoms with Gasteiger partial charge in [0.05, 0.1) is 33.8 Å². The van der Waals surface area contributed by atoms with E-state index in [4.69, 9.17) is 13.8 Å². The standard InChI is InChI=1S/C53H97N2O7P/c1-7-10-13-16-19-22-25-26-27-28-31-34-37-40-43-46-53(57)62-51(44-41-38-35-32-29-23-20-17-14-11-8-2)50(49-61-63(58,59)60-48-47-55(4,5)6)54-52(56)45-42-39-36-33-30-24-21-18-15-12-9-3/h10,13,16,18-19,21-22,25,41,44,50-51H,7-9,11-12,14-15,17,20,23-24,26-40,42-43,45-49H2,1-6H3,(H-,54,56,58,59)/p+1/b13-10+,19-16+,21-18-,25-22+,44-41+. The fourth-order valence-corrected chi connectivity index (χ4v) is 7.71. The minimum absolute atomic E-state index is 0.0348. The van der Waals surface area contributed by atoms with Gasteiger partial charge in [0.2, 0.25) is 5.91 Å². The maximum absolute atomic E-state index is 13.4. The second-order valence-electron chi connectivity index (χ2n) is 18.4. The zero-order valence-electron chi connectivity index (χ0n) is 41.6. The Morgan fingerprint density at radius 2 is 1.05 bits per heavy atom. The van der Waals surface area contributed by atoms with Gasteiger partial charge in [0.1, 0.15) is 19.3 Å². The number of ether oxygens (including phenoxy) is 1. The number of nitrogens with zero attached hydrogens (tertiary/aromatic N) is 1. The van der Waals surface area contributed by atoms with Gasteiger partial charge in [-0.3, -0.25) is 18.6 Å². The largest absolute Gasteiger partial charge is 0.472 e. The first kappa shape index (κ1) is 60.7. The van der Waals surface area contributed by atoms with Crippen LogP contribution in [0.25, 0.3) is 0 Å². The van der Waals surface area contributed by atoms with E-state index in [1.807, 2.05) is 33.3 Å². The molecule has 3 unspecified atom stereocenters. The number of carbonyl (C=O) groups excluding carboxylic acids is 2. The summed E-state index contributed by atoms with van der Waals surface area (Å²) in [4.78, 5) is 37.3. The molecule has 0 aliphatic heterocycles. The lowest BCUT2D eigenvalue weighted by molar-refractivity contribution is -0.870. The summed E-state index contributed by atoms with van der Waals surface area (Å²) in [6.07, 6.45) is 52.1. The van der Waals surface area contributed by atoms with Gasteiger partial charge in [-0.1, -0.05) is 191 Å². The summed E-state index contributed by atoms with van der Waals surface area (Å²) in [7, 11) is 1.47. The first-order chi connectivity index (χ1) is 30.4. The molecule has 0 aliphatic carbocycles. The molecular formula is C53H98N2O7P+. The average Bonchev–Trinajstić information content (AvgIpc) is 3.23. The predicted octanol–water partition coefficient (Wildman–Crippen LogP) is 14.8. The highest BCUT2D eigenvalue weighted by Gasteiger charge is 2.30. The zero-order valence-corrected chi connectivity index (χ0v) is 42.4. The fourth-order valence-electron chi connectivity index (χ4n) is 6.98. The number of allylic oxidation sites excluding steroid dienone is 9. The molecule has 0 fully saturated rings. The molecule has 0 heterocycles. The Bertz CT molecular complexity index is 1270. The van der Waals surface area contributed by atoms with Crippen molar-refractivity contribution in [3.05, 3.63) is 60.8 Å². The third-order valence-corrected chi connectivity index (χ3v) is 12.0. The van der Waals surface area contributed by atoms with Crippen LogP contribution in [0, 0.1) is 0 Å². The van der Waals surface area contributed by atoms with Crippen LogP contribution in [0.2, 0.25) is 0 Å². The number of quaternary nitrogens is 1. The van der Waals surface area contributed by atoms with Crippen molar-refractivity contribution in [3.63, 3.8) is 0 Å². The summed E-state index contributed by atoms with van der Waals surface area (Å²) >= 11 is 0. The molecule has 10 heteroatoms. The molecular weight excluding hydrogens is 808 g/mol. The molecule has 2 N–H and O–H groups in total. The number of phosphoric acid groups is 1. The lowest BCUT2D eigenvalue weighted by Crippen LogP contribution is -2.47. The third-order valence-electron chi connectivity index (χ3n) is 11.0. The highest BCUT2D eigenvalue weighted by molar-refractivity contribution is 7.47. The van der Waals surface area contributed by atoms with Crippen LogP contribution in [0.15, 0.2) is 60.8 Å². The lowest BCUT2D eigenvalue weighted by atomic mass is 10.1. The molecule has 3 atom stereocenters. The second kappa shape index (κ2) is 43.6. The van der Waals surface area contributed by atoms with Gasteiger partial charge in [0.15, 0.2) is 0 Å². The number of rotatable bonds is 45. The van der Waals surface area contributed by atoms with Crippen LogP contribution >= 0.6 is 7.82 Å². The van der Waals surface area contributed by atoms with Gasteiger partial charge in [-0.2, -0.15) is 0 Å². The van der Waals surface area contributed by atoms with Crippen molar-refractivity contribution < 1.29 is 37.3 Å². The smallest absolute Gasteiger partial charge is 0.456 e. The van der Waals surface area contributed by atoms with Crippen molar-refractivity contribution in [1.82, 2.24) is 5.32 Å². The van der Waals surface area contributed by atoms with E-state index in [0.29, 0.717) is 17.4 Å². The number of unbranched alkanes of at least 4 members (excludes halogenated alkanes) is 23. The van der Waals surface area contributed by atoms with Gasteiger partial charge in [-0.25, -0.2) is 4.57 Å². The maximum Gasteiger partial charge on any atom is 0.472 e. The molecule has 0 aromatic heterocycles. The highest BCUT2D eigenvalue weighted by atomic mass is 31.2. The molecule has 0 saturated carbocycles. The van der Waals surface area contributed by atoms with Crippen LogP contribution in [-0.2, 0) is 27.9 Å². The number of likely N-dealkylation sites (N-methyl/N-ethyl adjacent to an activating group) is 1. The molecule has 0 aromatic carbocycles. The SMILES string of the molecule is CC/C=C/C=C/C=C/CCCCCCCCCC(=O)OC(/C=C/CCCCCCCCCCC)C(COP(=O)(O)OCC[N+](C)(C)C)NC(=O)CCCCCCC/C=C\CCCC. The molecule has 366 valence electrons. The predicted molar refractivity (Wildman–Crippen MR) is 268 cm³/mol. The van der Waals surface area contributed by atoms with Gasteiger partial charge in [0.25, 0.3) is 0 Å². The van der Waals surface area contributed by atoms with Crippen molar-refractivity contribution in [3.8, 4) is 0 Å². The Balaban J connectivity index is 5.44. The zero-order chi connectivity index (χ0) is 46.5. The average molecular weight is 906 g/mol. The molecule has 9 nitrogen and oxygen atoms in total. The topological polar surface area (TPSA) is 111 Å². The number of phosphoric ester groups is 1. The Hall–Kier alpha value is -2.29. The number of hydrogen-bond donors (Lipinski definition) is 2. The Kier molecular flexibility index (Phi) is 42.0. The summed E-state index contributed by atoms with van der Waals surface area (Å²) in [5.74, 6) is -0.535. The fraction of sp³-hybridized carbons (Fsp3) is 0.774. The van der Waals surface area contributed by atoms with E-state index in [2.05, 4.69) is 74.7 Å². The van der Waals surface area contributed by atoms with E-state index in [1.165, 1.54) is 77.0 Å². The van der Waals surface area contributed by atoms with E-state index in [9.17, 15) is 19.0 Å². The molecule has 0 bridgehead atoms. The van der Waals surface area contributed by atoms with Crippen molar-refractivity contribution >= 4 is 19.7 Å². The molecule has 0 aliphatic rings. The number of hydrogen-bond acceptors (Lipinski definition) is 6. The number of esters is 1. The number of amides is 1. The molecule has 1 amide bonds.